The third kappa shape index (κ3) is 10.0. The van der Waals surface area contributed by atoms with Crippen LogP contribution in [-0.2, 0) is 20.7 Å². The van der Waals surface area contributed by atoms with E-state index < -0.39 is 35.6 Å². The van der Waals surface area contributed by atoms with Gasteiger partial charge in [-0.2, -0.15) is 0 Å². The number of para-hydroxylation sites is 1. The molecular formula is C35H44ClN3O5. The molecule has 0 aliphatic heterocycles. The third-order valence-electron chi connectivity index (χ3n) is 7.07. The summed E-state index contributed by atoms with van der Waals surface area (Å²) in [7, 11) is 0. The summed E-state index contributed by atoms with van der Waals surface area (Å²) in [6.07, 6.45) is 1.79. The Labute approximate surface area is 265 Å². The first kappa shape index (κ1) is 34.5. The molecule has 3 aromatic rings. The van der Waals surface area contributed by atoms with Crippen LogP contribution in [0.3, 0.4) is 0 Å². The number of hydrogen-bond donors (Lipinski definition) is 3. The minimum absolute atomic E-state index is 0.0869. The minimum Gasteiger partial charge on any atom is -0.508 e. The number of carbonyl (C=O) groups is 3. The summed E-state index contributed by atoms with van der Waals surface area (Å²) >= 11 is 6.48. The van der Waals surface area contributed by atoms with Crippen molar-refractivity contribution in [2.45, 2.75) is 84.9 Å². The summed E-state index contributed by atoms with van der Waals surface area (Å²) in [5, 5.41) is 15.9. The van der Waals surface area contributed by atoms with Gasteiger partial charge in [0.1, 0.15) is 23.4 Å². The molecule has 2 atom stereocenters. The van der Waals surface area contributed by atoms with E-state index in [2.05, 4.69) is 17.6 Å². The number of aryl methyl sites for hydroxylation is 2. The quantitative estimate of drug-likeness (QED) is 0.182. The van der Waals surface area contributed by atoms with Crippen molar-refractivity contribution in [2.24, 2.45) is 0 Å². The predicted molar refractivity (Wildman–Crippen MR) is 175 cm³/mol. The average Bonchev–Trinajstić information content (AvgIpc) is 2.95. The molecule has 3 N–H and O–H groups in total. The number of anilines is 1. The lowest BCUT2D eigenvalue weighted by Crippen LogP contribution is -2.53. The fourth-order valence-corrected chi connectivity index (χ4v) is 5.09. The van der Waals surface area contributed by atoms with Crippen molar-refractivity contribution in [1.29, 1.82) is 0 Å². The number of rotatable bonds is 12. The van der Waals surface area contributed by atoms with E-state index in [0.29, 0.717) is 28.3 Å². The van der Waals surface area contributed by atoms with Gasteiger partial charge in [-0.3, -0.25) is 9.59 Å². The Morgan fingerprint density at radius 1 is 0.955 bits per heavy atom. The number of carbonyl (C=O) groups excluding carboxylic acids is 3. The number of aromatic hydroxyl groups is 1. The molecular weight excluding hydrogens is 578 g/mol. The maximum absolute atomic E-state index is 14.6. The number of nitrogens with zero attached hydrogens (tertiary/aromatic N) is 1. The molecule has 0 saturated heterocycles. The average molecular weight is 622 g/mol. The Balaban J connectivity index is 2.09. The molecule has 0 fully saturated rings. The Kier molecular flexibility index (Phi) is 12.2. The number of hydrogen-bond acceptors (Lipinski definition) is 5. The van der Waals surface area contributed by atoms with Gasteiger partial charge in [-0.05, 0) is 75.9 Å². The molecule has 0 aliphatic rings. The van der Waals surface area contributed by atoms with Gasteiger partial charge in [0.15, 0.2) is 0 Å². The van der Waals surface area contributed by atoms with Crippen LogP contribution in [0.1, 0.15) is 75.3 Å². The van der Waals surface area contributed by atoms with Crippen molar-refractivity contribution in [3.8, 4) is 5.75 Å². The van der Waals surface area contributed by atoms with Gasteiger partial charge < -0.3 is 25.4 Å². The van der Waals surface area contributed by atoms with Gasteiger partial charge in [-0.15, -0.1) is 0 Å². The molecule has 236 valence electrons. The van der Waals surface area contributed by atoms with E-state index in [1.54, 1.807) is 43.9 Å². The lowest BCUT2D eigenvalue weighted by Gasteiger charge is -2.35. The highest BCUT2D eigenvalue weighted by Crippen LogP contribution is 2.30. The first-order valence-corrected chi connectivity index (χ1v) is 15.4. The zero-order valence-electron chi connectivity index (χ0n) is 26.4. The third-order valence-corrected chi connectivity index (χ3v) is 7.39. The highest BCUT2D eigenvalue weighted by atomic mass is 35.5. The van der Waals surface area contributed by atoms with Gasteiger partial charge in [-0.25, -0.2) is 4.79 Å². The number of benzene rings is 3. The normalized spacial score (nSPS) is 12.6. The smallest absolute Gasteiger partial charge is 0.408 e. The van der Waals surface area contributed by atoms with Crippen LogP contribution in [-0.4, -0.2) is 46.1 Å². The maximum atomic E-state index is 14.6. The van der Waals surface area contributed by atoms with E-state index in [4.69, 9.17) is 16.3 Å². The second kappa shape index (κ2) is 15.6. The van der Waals surface area contributed by atoms with Crippen molar-refractivity contribution in [3.05, 3.63) is 94.0 Å². The molecule has 3 aromatic carbocycles. The molecule has 0 bridgehead atoms. The van der Waals surface area contributed by atoms with E-state index in [9.17, 15) is 19.5 Å². The van der Waals surface area contributed by atoms with Crippen LogP contribution in [0.15, 0.2) is 66.7 Å². The molecule has 2 unspecified atom stereocenters. The van der Waals surface area contributed by atoms with Crippen molar-refractivity contribution >= 4 is 35.2 Å². The van der Waals surface area contributed by atoms with Crippen LogP contribution < -0.4 is 10.6 Å². The molecule has 0 aliphatic carbocycles. The number of unbranched alkanes of at least 4 members (excludes halogenated alkanes) is 2. The first-order valence-electron chi connectivity index (χ1n) is 15.0. The largest absolute Gasteiger partial charge is 0.508 e. The van der Waals surface area contributed by atoms with Crippen LogP contribution in [0.25, 0.3) is 0 Å². The van der Waals surface area contributed by atoms with Crippen molar-refractivity contribution in [2.75, 3.05) is 11.9 Å². The summed E-state index contributed by atoms with van der Waals surface area (Å²) < 4.78 is 5.51. The van der Waals surface area contributed by atoms with Crippen molar-refractivity contribution < 1.29 is 24.2 Å². The first-order chi connectivity index (χ1) is 20.8. The van der Waals surface area contributed by atoms with E-state index in [0.717, 1.165) is 24.0 Å². The molecule has 0 spiro atoms. The van der Waals surface area contributed by atoms with Gasteiger partial charge in [0.25, 0.3) is 5.91 Å². The molecule has 44 heavy (non-hydrogen) atoms. The van der Waals surface area contributed by atoms with E-state index in [-0.39, 0.29) is 18.7 Å². The van der Waals surface area contributed by atoms with E-state index in [1.165, 1.54) is 12.1 Å². The minimum atomic E-state index is -1.06. The Morgan fingerprint density at radius 2 is 1.61 bits per heavy atom. The zero-order chi connectivity index (χ0) is 32.4. The van der Waals surface area contributed by atoms with Gasteiger partial charge in [-0.1, -0.05) is 85.5 Å². The number of alkyl carbamates (subject to hydrolysis) is 1. The second-order valence-corrected chi connectivity index (χ2v) is 12.4. The van der Waals surface area contributed by atoms with Crippen LogP contribution in [0.4, 0.5) is 10.5 Å². The molecule has 3 rings (SSSR count). The van der Waals surface area contributed by atoms with Crippen LogP contribution in [0, 0.1) is 13.8 Å². The Bertz CT molecular complexity index is 1400. The maximum Gasteiger partial charge on any atom is 0.408 e. The van der Waals surface area contributed by atoms with Crippen molar-refractivity contribution in [1.82, 2.24) is 10.2 Å². The van der Waals surface area contributed by atoms with E-state index in [1.807, 2.05) is 50.2 Å². The molecule has 8 nitrogen and oxygen atoms in total. The molecule has 9 heteroatoms. The molecule has 0 saturated carbocycles. The molecule has 3 amide bonds. The van der Waals surface area contributed by atoms with Gasteiger partial charge in [0, 0.05) is 13.0 Å². The summed E-state index contributed by atoms with van der Waals surface area (Å²) in [6.45, 7) is 11.4. The van der Waals surface area contributed by atoms with Crippen LogP contribution in [0.5, 0.6) is 5.75 Å². The number of ether oxygens (including phenoxy) is 1. The highest BCUT2D eigenvalue weighted by molar-refractivity contribution is 6.34. The lowest BCUT2D eigenvalue weighted by atomic mass is 9.98. The van der Waals surface area contributed by atoms with Gasteiger partial charge in [0.2, 0.25) is 5.91 Å². The van der Waals surface area contributed by atoms with Crippen molar-refractivity contribution in [3.63, 3.8) is 0 Å². The summed E-state index contributed by atoms with van der Waals surface area (Å²) in [6, 6.07) is 17.2. The monoisotopic (exact) mass is 621 g/mol. The number of nitrogens with one attached hydrogen (secondary N) is 2. The number of halogens is 1. The fraction of sp³-hybridized carbons (Fsp3) is 0.400. The molecule has 0 heterocycles. The topological polar surface area (TPSA) is 108 Å². The Hall–Kier alpha value is -4.04. The standard InChI is InChI=1S/C35H44ClN3O5/c1-7-8-9-21-39(33(42)29(37-34(43)44-35(4,5)6)22-25-15-19-27(40)20-16-25)31(26-17-13-23(2)14-18-26)32(41)38-30-24(3)11-10-12-28(30)36/h10-20,29,31,40H,7-9,21-22H2,1-6H3,(H,37,43)(H,38,41). The zero-order valence-corrected chi connectivity index (χ0v) is 27.2. The predicted octanol–water partition coefficient (Wildman–Crippen LogP) is 7.50. The summed E-state index contributed by atoms with van der Waals surface area (Å²) in [4.78, 5) is 43.3. The summed E-state index contributed by atoms with van der Waals surface area (Å²) in [5.74, 6) is -0.768. The molecule has 0 aromatic heterocycles. The van der Waals surface area contributed by atoms with E-state index >= 15 is 0 Å². The van der Waals surface area contributed by atoms with Gasteiger partial charge >= 0.3 is 6.09 Å². The number of phenolic OH excluding ortho intramolecular Hbond substituents is 1. The summed E-state index contributed by atoms with van der Waals surface area (Å²) in [5.41, 5.74) is 2.83. The number of amides is 3. The fourth-order valence-electron chi connectivity index (χ4n) is 4.82. The van der Waals surface area contributed by atoms with Crippen LogP contribution in [0.2, 0.25) is 5.02 Å². The SMILES string of the molecule is CCCCCN(C(=O)C(Cc1ccc(O)cc1)NC(=O)OC(C)(C)C)C(C(=O)Nc1c(C)cccc1Cl)c1ccc(C)cc1. The van der Waals surface area contributed by atoms with Gasteiger partial charge in [0.05, 0.1) is 10.7 Å². The van der Waals surface area contributed by atoms with Crippen LogP contribution >= 0.6 is 11.6 Å². The number of phenols is 1. The highest BCUT2D eigenvalue weighted by Gasteiger charge is 2.36. The Morgan fingerprint density at radius 3 is 2.20 bits per heavy atom. The molecule has 0 radical (unpaired) electrons. The lowest BCUT2D eigenvalue weighted by molar-refractivity contribution is -0.140. The second-order valence-electron chi connectivity index (χ2n) is 12.0.